The van der Waals surface area contributed by atoms with Crippen molar-refractivity contribution in [3.63, 3.8) is 0 Å². The van der Waals surface area contributed by atoms with Gasteiger partial charge in [-0.05, 0) is 37.6 Å². The molecule has 0 amide bonds. The van der Waals surface area contributed by atoms with Crippen molar-refractivity contribution in [3.05, 3.63) is 36.0 Å². The summed E-state index contributed by atoms with van der Waals surface area (Å²) in [5.74, 6) is 1.75. The number of fused-ring (bicyclic) bond motifs is 1. The van der Waals surface area contributed by atoms with Crippen LogP contribution < -0.4 is 14.8 Å². The Morgan fingerprint density at radius 3 is 2.83 bits per heavy atom. The number of hydrogen-bond donors (Lipinski definition) is 2. The number of ether oxygens (including phenoxy) is 3. The Morgan fingerprint density at radius 2 is 2.07 bits per heavy atom. The quantitative estimate of drug-likeness (QED) is 0.631. The summed E-state index contributed by atoms with van der Waals surface area (Å²) in [5, 5.41) is 4.13. The third-order valence-corrected chi connectivity index (χ3v) is 5.21. The molecule has 0 bridgehead atoms. The lowest BCUT2D eigenvalue weighted by molar-refractivity contribution is 0.0198. The molecule has 0 unspecified atom stereocenters. The van der Waals surface area contributed by atoms with Crippen molar-refractivity contribution in [2.75, 3.05) is 45.3 Å². The summed E-state index contributed by atoms with van der Waals surface area (Å²) in [6.45, 7) is 8.12. The number of aromatic nitrogens is 3. The predicted molar refractivity (Wildman–Crippen MR) is 112 cm³/mol. The predicted octanol–water partition coefficient (Wildman–Crippen LogP) is 3.50. The lowest BCUT2D eigenvalue weighted by Crippen LogP contribution is -2.38. The third-order valence-electron chi connectivity index (χ3n) is 5.21. The molecule has 1 saturated heterocycles. The van der Waals surface area contributed by atoms with Gasteiger partial charge < -0.3 is 24.5 Å². The van der Waals surface area contributed by atoms with Crippen molar-refractivity contribution in [2.45, 2.75) is 19.9 Å². The second-order valence-electron chi connectivity index (χ2n) is 6.93. The topological polar surface area (TPSA) is 84.5 Å². The monoisotopic (exact) mass is 397 g/mol. The highest BCUT2D eigenvalue weighted by Crippen LogP contribution is 2.33. The van der Waals surface area contributed by atoms with E-state index in [-0.39, 0.29) is 6.04 Å². The largest absolute Gasteiger partial charge is 0.495 e. The molecule has 2 N–H and O–H groups in total. The van der Waals surface area contributed by atoms with Crippen molar-refractivity contribution in [2.24, 2.45) is 0 Å². The number of hydrogen-bond acceptors (Lipinski definition) is 7. The van der Waals surface area contributed by atoms with E-state index in [0.717, 1.165) is 48.8 Å². The molecule has 0 saturated carbocycles. The van der Waals surface area contributed by atoms with E-state index < -0.39 is 0 Å². The Bertz CT molecular complexity index is 968. The molecule has 1 aromatic carbocycles. The van der Waals surface area contributed by atoms with Crippen molar-refractivity contribution < 1.29 is 14.2 Å². The summed E-state index contributed by atoms with van der Waals surface area (Å²) in [6.07, 6.45) is 1.83. The Labute approximate surface area is 170 Å². The number of anilines is 2. The summed E-state index contributed by atoms with van der Waals surface area (Å²) < 4.78 is 16.8. The Kier molecular flexibility index (Phi) is 5.82. The first kappa shape index (κ1) is 19.5. The molecule has 1 aliphatic heterocycles. The van der Waals surface area contributed by atoms with Crippen LogP contribution in [0.25, 0.3) is 11.0 Å². The van der Waals surface area contributed by atoms with E-state index in [1.54, 1.807) is 7.11 Å². The molecular weight excluding hydrogens is 370 g/mol. The molecule has 3 aromatic rings. The van der Waals surface area contributed by atoms with Crippen LogP contribution in [0, 0.1) is 0 Å². The Morgan fingerprint density at radius 1 is 1.24 bits per heavy atom. The zero-order valence-corrected chi connectivity index (χ0v) is 17.1. The second kappa shape index (κ2) is 8.67. The van der Waals surface area contributed by atoms with Gasteiger partial charge in [-0.3, -0.25) is 4.90 Å². The van der Waals surface area contributed by atoms with E-state index in [1.165, 1.54) is 5.56 Å². The van der Waals surface area contributed by atoms with Crippen LogP contribution in [0.2, 0.25) is 0 Å². The molecule has 0 aliphatic carbocycles. The Hall–Kier alpha value is -2.84. The number of morpholine rings is 1. The number of rotatable bonds is 7. The summed E-state index contributed by atoms with van der Waals surface area (Å²) in [6, 6.07) is 8.39. The molecule has 154 valence electrons. The highest BCUT2D eigenvalue weighted by atomic mass is 16.5. The van der Waals surface area contributed by atoms with Gasteiger partial charge in [-0.15, -0.1) is 0 Å². The van der Waals surface area contributed by atoms with Crippen molar-refractivity contribution >= 4 is 22.7 Å². The van der Waals surface area contributed by atoms with Crippen LogP contribution >= 0.6 is 0 Å². The minimum atomic E-state index is 0.290. The van der Waals surface area contributed by atoms with E-state index in [0.29, 0.717) is 18.4 Å². The van der Waals surface area contributed by atoms with E-state index in [2.05, 4.69) is 44.2 Å². The fourth-order valence-corrected chi connectivity index (χ4v) is 3.58. The summed E-state index contributed by atoms with van der Waals surface area (Å²) in [5.41, 5.74) is 2.73. The number of methoxy groups -OCH3 is 1. The van der Waals surface area contributed by atoms with Gasteiger partial charge in [0, 0.05) is 25.3 Å². The highest BCUT2D eigenvalue weighted by Gasteiger charge is 2.20. The van der Waals surface area contributed by atoms with Gasteiger partial charge in [-0.1, -0.05) is 6.07 Å². The van der Waals surface area contributed by atoms with Gasteiger partial charge in [0.05, 0.1) is 38.0 Å². The zero-order chi connectivity index (χ0) is 20.2. The van der Waals surface area contributed by atoms with Gasteiger partial charge in [-0.2, -0.15) is 9.97 Å². The SMILES string of the molecule is CCOc1nc(Nc2ccc([C@H](C)N3CCOCC3)cc2OC)nc2[nH]ccc12. The van der Waals surface area contributed by atoms with E-state index in [1.807, 2.05) is 25.3 Å². The fourth-order valence-electron chi connectivity index (χ4n) is 3.58. The van der Waals surface area contributed by atoms with Gasteiger partial charge in [-0.25, -0.2) is 0 Å². The standard InChI is InChI=1S/C21H27N5O3/c1-4-29-20-16-7-8-22-19(16)24-21(25-20)23-17-6-5-15(13-18(17)27-3)14(2)26-9-11-28-12-10-26/h5-8,13-14H,4,9-12H2,1-3H3,(H2,22,23,24,25)/t14-/m0/s1. The van der Waals surface area contributed by atoms with Crippen LogP contribution in [0.3, 0.4) is 0 Å². The van der Waals surface area contributed by atoms with Crippen LogP contribution in [0.5, 0.6) is 11.6 Å². The molecular formula is C21H27N5O3. The van der Waals surface area contributed by atoms with Gasteiger partial charge in [0.15, 0.2) is 0 Å². The Balaban J connectivity index is 1.59. The van der Waals surface area contributed by atoms with Crippen molar-refractivity contribution in [1.82, 2.24) is 19.9 Å². The third kappa shape index (κ3) is 4.13. The van der Waals surface area contributed by atoms with Crippen LogP contribution in [-0.2, 0) is 4.74 Å². The van der Waals surface area contributed by atoms with Crippen molar-refractivity contribution in [3.8, 4) is 11.6 Å². The molecule has 1 fully saturated rings. The lowest BCUT2D eigenvalue weighted by Gasteiger charge is -2.32. The maximum absolute atomic E-state index is 5.67. The summed E-state index contributed by atoms with van der Waals surface area (Å²) in [7, 11) is 1.67. The number of benzene rings is 1. The molecule has 29 heavy (non-hydrogen) atoms. The molecule has 8 heteroatoms. The number of aromatic amines is 1. The van der Waals surface area contributed by atoms with E-state index in [4.69, 9.17) is 14.2 Å². The van der Waals surface area contributed by atoms with Crippen LogP contribution in [0.15, 0.2) is 30.5 Å². The van der Waals surface area contributed by atoms with Crippen LogP contribution in [0.1, 0.15) is 25.5 Å². The average molecular weight is 397 g/mol. The molecule has 8 nitrogen and oxygen atoms in total. The molecule has 0 radical (unpaired) electrons. The maximum atomic E-state index is 5.67. The number of nitrogens with zero attached hydrogens (tertiary/aromatic N) is 3. The highest BCUT2D eigenvalue weighted by molar-refractivity contribution is 5.82. The van der Waals surface area contributed by atoms with Crippen LogP contribution in [0.4, 0.5) is 11.6 Å². The molecule has 2 aromatic heterocycles. The number of nitrogens with one attached hydrogen (secondary N) is 2. The minimum absolute atomic E-state index is 0.290. The zero-order valence-electron chi connectivity index (χ0n) is 17.1. The molecule has 1 aliphatic rings. The summed E-state index contributed by atoms with van der Waals surface area (Å²) >= 11 is 0. The first-order chi connectivity index (χ1) is 14.2. The maximum Gasteiger partial charge on any atom is 0.232 e. The number of H-pyrrole nitrogens is 1. The van der Waals surface area contributed by atoms with E-state index >= 15 is 0 Å². The van der Waals surface area contributed by atoms with Gasteiger partial charge in [0.25, 0.3) is 0 Å². The van der Waals surface area contributed by atoms with Crippen LogP contribution in [-0.4, -0.2) is 59.9 Å². The normalized spacial score (nSPS) is 16.0. The van der Waals surface area contributed by atoms with Gasteiger partial charge in [0.2, 0.25) is 11.8 Å². The van der Waals surface area contributed by atoms with Gasteiger partial charge in [0.1, 0.15) is 11.4 Å². The second-order valence-corrected chi connectivity index (χ2v) is 6.93. The van der Waals surface area contributed by atoms with Gasteiger partial charge >= 0.3 is 0 Å². The minimum Gasteiger partial charge on any atom is -0.495 e. The first-order valence-corrected chi connectivity index (χ1v) is 9.94. The average Bonchev–Trinajstić information content (AvgIpc) is 3.23. The fraction of sp³-hybridized carbons (Fsp3) is 0.429. The molecule has 0 spiro atoms. The van der Waals surface area contributed by atoms with E-state index in [9.17, 15) is 0 Å². The molecule has 3 heterocycles. The summed E-state index contributed by atoms with van der Waals surface area (Å²) in [4.78, 5) is 14.6. The lowest BCUT2D eigenvalue weighted by atomic mass is 10.1. The smallest absolute Gasteiger partial charge is 0.232 e. The van der Waals surface area contributed by atoms with Crippen molar-refractivity contribution in [1.29, 1.82) is 0 Å². The molecule has 1 atom stereocenters. The molecule has 4 rings (SSSR count). The first-order valence-electron chi connectivity index (χ1n) is 9.94.